The minimum atomic E-state index is -3.30. The van der Waals surface area contributed by atoms with E-state index in [2.05, 4.69) is 4.72 Å². The van der Waals surface area contributed by atoms with Gasteiger partial charge in [-0.05, 0) is 12.8 Å². The highest BCUT2D eigenvalue weighted by atomic mass is 32.2. The Balaban J connectivity index is 2.68. The molecule has 0 aliphatic carbocycles. The standard InChI is InChI=1S/C6H15N3O2S/c1-2-8-12(10,11)9-5-3-4-6(9)7/h6,8H,2-5,7H2,1H3. The second kappa shape index (κ2) is 3.69. The Morgan fingerprint density at radius 2 is 2.33 bits per heavy atom. The molecule has 0 spiro atoms. The average molecular weight is 193 g/mol. The summed E-state index contributed by atoms with van der Waals surface area (Å²) in [7, 11) is -3.30. The van der Waals surface area contributed by atoms with Crippen LogP contribution in [0.15, 0.2) is 0 Å². The number of nitrogens with zero attached hydrogens (tertiary/aromatic N) is 1. The second-order valence-corrected chi connectivity index (χ2v) is 4.53. The molecule has 1 aliphatic rings. The summed E-state index contributed by atoms with van der Waals surface area (Å²) in [4.78, 5) is 0. The molecule has 0 aromatic rings. The third kappa shape index (κ3) is 1.95. The summed E-state index contributed by atoms with van der Waals surface area (Å²) in [6.07, 6.45) is 1.27. The fourth-order valence-corrected chi connectivity index (χ4v) is 2.69. The third-order valence-corrected chi connectivity index (χ3v) is 3.61. The van der Waals surface area contributed by atoms with Gasteiger partial charge in [-0.3, -0.25) is 0 Å². The van der Waals surface area contributed by atoms with E-state index in [1.54, 1.807) is 6.92 Å². The van der Waals surface area contributed by atoms with Gasteiger partial charge in [0.25, 0.3) is 10.2 Å². The SMILES string of the molecule is CCNS(=O)(=O)N1CCCC1N. The van der Waals surface area contributed by atoms with Gasteiger partial charge >= 0.3 is 0 Å². The molecule has 0 amide bonds. The van der Waals surface area contributed by atoms with E-state index in [-0.39, 0.29) is 6.17 Å². The van der Waals surface area contributed by atoms with Crippen LogP contribution in [0.5, 0.6) is 0 Å². The molecule has 1 rings (SSSR count). The average Bonchev–Trinajstić information content (AvgIpc) is 2.35. The Morgan fingerprint density at radius 1 is 1.67 bits per heavy atom. The molecule has 1 heterocycles. The summed E-state index contributed by atoms with van der Waals surface area (Å²) in [5.41, 5.74) is 5.60. The fraction of sp³-hybridized carbons (Fsp3) is 1.00. The van der Waals surface area contributed by atoms with Crippen LogP contribution in [0.1, 0.15) is 19.8 Å². The maximum absolute atomic E-state index is 11.4. The van der Waals surface area contributed by atoms with E-state index < -0.39 is 10.2 Å². The van der Waals surface area contributed by atoms with E-state index in [4.69, 9.17) is 5.73 Å². The first-order chi connectivity index (χ1) is 5.58. The van der Waals surface area contributed by atoms with Crippen molar-refractivity contribution in [1.82, 2.24) is 9.03 Å². The molecular weight excluding hydrogens is 178 g/mol. The molecule has 0 saturated carbocycles. The highest BCUT2D eigenvalue weighted by Gasteiger charge is 2.30. The highest BCUT2D eigenvalue weighted by Crippen LogP contribution is 2.15. The normalized spacial score (nSPS) is 26.3. The topological polar surface area (TPSA) is 75.4 Å². The van der Waals surface area contributed by atoms with E-state index in [0.717, 1.165) is 12.8 Å². The van der Waals surface area contributed by atoms with Gasteiger partial charge in [0.15, 0.2) is 0 Å². The summed E-state index contributed by atoms with van der Waals surface area (Å²) in [6.45, 7) is 2.70. The monoisotopic (exact) mass is 193 g/mol. The van der Waals surface area contributed by atoms with E-state index in [1.165, 1.54) is 4.31 Å². The van der Waals surface area contributed by atoms with Crippen LogP contribution in [0.25, 0.3) is 0 Å². The van der Waals surface area contributed by atoms with Crippen LogP contribution in [-0.4, -0.2) is 32.0 Å². The first-order valence-corrected chi connectivity index (χ1v) is 5.54. The number of nitrogens with one attached hydrogen (secondary N) is 1. The number of hydrogen-bond donors (Lipinski definition) is 2. The molecule has 1 saturated heterocycles. The molecule has 0 radical (unpaired) electrons. The number of hydrogen-bond acceptors (Lipinski definition) is 3. The van der Waals surface area contributed by atoms with Gasteiger partial charge in [-0.15, -0.1) is 0 Å². The van der Waals surface area contributed by atoms with Crippen molar-refractivity contribution in [2.24, 2.45) is 5.73 Å². The van der Waals surface area contributed by atoms with Gasteiger partial charge in [0.2, 0.25) is 0 Å². The molecule has 1 fully saturated rings. The predicted octanol–water partition coefficient (Wildman–Crippen LogP) is -0.779. The second-order valence-electron chi connectivity index (χ2n) is 2.82. The molecular formula is C6H15N3O2S. The Kier molecular flexibility index (Phi) is 3.05. The van der Waals surface area contributed by atoms with E-state index in [9.17, 15) is 8.42 Å². The molecule has 72 valence electrons. The molecule has 1 unspecified atom stereocenters. The van der Waals surface area contributed by atoms with Gasteiger partial charge in [0.05, 0.1) is 6.17 Å². The molecule has 0 aromatic heterocycles. The number of rotatable bonds is 3. The van der Waals surface area contributed by atoms with Crippen LogP contribution in [0, 0.1) is 0 Å². The predicted molar refractivity (Wildman–Crippen MR) is 46.5 cm³/mol. The summed E-state index contributed by atoms with van der Waals surface area (Å²) in [6, 6.07) is 0. The van der Waals surface area contributed by atoms with Crippen molar-refractivity contribution in [2.45, 2.75) is 25.9 Å². The first-order valence-electron chi connectivity index (χ1n) is 4.10. The third-order valence-electron chi connectivity index (χ3n) is 1.88. The Hall–Kier alpha value is -0.170. The van der Waals surface area contributed by atoms with Crippen molar-refractivity contribution in [3.63, 3.8) is 0 Å². The van der Waals surface area contributed by atoms with Crippen LogP contribution in [-0.2, 0) is 10.2 Å². The van der Waals surface area contributed by atoms with Crippen LogP contribution in [0.3, 0.4) is 0 Å². The van der Waals surface area contributed by atoms with Gasteiger partial charge in [0, 0.05) is 13.1 Å². The molecule has 5 nitrogen and oxygen atoms in total. The Labute approximate surface area is 73.1 Å². The van der Waals surface area contributed by atoms with Crippen LogP contribution in [0.2, 0.25) is 0 Å². The molecule has 3 N–H and O–H groups in total. The number of nitrogens with two attached hydrogens (primary N) is 1. The van der Waals surface area contributed by atoms with Gasteiger partial charge in [0.1, 0.15) is 0 Å². The zero-order valence-electron chi connectivity index (χ0n) is 7.16. The quantitative estimate of drug-likeness (QED) is 0.617. The van der Waals surface area contributed by atoms with Crippen LogP contribution in [0.4, 0.5) is 0 Å². The zero-order valence-corrected chi connectivity index (χ0v) is 7.97. The maximum Gasteiger partial charge on any atom is 0.280 e. The summed E-state index contributed by atoms with van der Waals surface area (Å²) in [5.74, 6) is 0. The minimum Gasteiger partial charge on any atom is -0.315 e. The lowest BCUT2D eigenvalue weighted by Crippen LogP contribution is -2.46. The Morgan fingerprint density at radius 3 is 2.75 bits per heavy atom. The van der Waals surface area contributed by atoms with Gasteiger partial charge in [-0.25, -0.2) is 4.72 Å². The molecule has 1 aliphatic heterocycles. The Bertz CT molecular complexity index is 239. The summed E-state index contributed by atoms with van der Waals surface area (Å²) in [5, 5.41) is 0. The van der Waals surface area contributed by atoms with Gasteiger partial charge in [-0.1, -0.05) is 6.92 Å². The molecule has 1 atom stereocenters. The fourth-order valence-electron chi connectivity index (χ4n) is 1.33. The largest absolute Gasteiger partial charge is 0.315 e. The smallest absolute Gasteiger partial charge is 0.280 e. The van der Waals surface area contributed by atoms with Crippen molar-refractivity contribution in [3.05, 3.63) is 0 Å². The maximum atomic E-state index is 11.4. The van der Waals surface area contributed by atoms with Crippen molar-refractivity contribution < 1.29 is 8.42 Å². The molecule has 12 heavy (non-hydrogen) atoms. The summed E-state index contributed by atoms with van der Waals surface area (Å²) >= 11 is 0. The van der Waals surface area contributed by atoms with E-state index in [1.807, 2.05) is 0 Å². The summed E-state index contributed by atoms with van der Waals surface area (Å²) < 4.78 is 26.5. The van der Waals surface area contributed by atoms with Crippen molar-refractivity contribution in [3.8, 4) is 0 Å². The zero-order chi connectivity index (χ0) is 9.19. The minimum absolute atomic E-state index is 0.339. The van der Waals surface area contributed by atoms with E-state index >= 15 is 0 Å². The van der Waals surface area contributed by atoms with Crippen molar-refractivity contribution in [1.29, 1.82) is 0 Å². The first kappa shape index (κ1) is 9.91. The van der Waals surface area contributed by atoms with E-state index in [0.29, 0.717) is 13.1 Å². The lowest BCUT2D eigenvalue weighted by molar-refractivity contribution is 0.389. The molecule has 6 heteroatoms. The lowest BCUT2D eigenvalue weighted by Gasteiger charge is -2.20. The van der Waals surface area contributed by atoms with Crippen LogP contribution < -0.4 is 10.5 Å². The van der Waals surface area contributed by atoms with Gasteiger partial charge in [-0.2, -0.15) is 12.7 Å². The van der Waals surface area contributed by atoms with Gasteiger partial charge < -0.3 is 5.73 Å². The highest BCUT2D eigenvalue weighted by molar-refractivity contribution is 7.87. The molecule has 0 bridgehead atoms. The van der Waals surface area contributed by atoms with Crippen LogP contribution >= 0.6 is 0 Å². The molecule has 0 aromatic carbocycles. The lowest BCUT2D eigenvalue weighted by atomic mass is 10.3. The van der Waals surface area contributed by atoms with Crippen molar-refractivity contribution >= 4 is 10.2 Å². The van der Waals surface area contributed by atoms with Crippen molar-refractivity contribution in [2.75, 3.05) is 13.1 Å².